The third-order valence-electron chi connectivity index (χ3n) is 27.0. The number of carbonyl (C=O) groups excluding carboxylic acids is 4. The van der Waals surface area contributed by atoms with Gasteiger partial charge in [-0.05, 0) is 252 Å². The van der Waals surface area contributed by atoms with Crippen molar-refractivity contribution in [3.63, 3.8) is 0 Å². The summed E-state index contributed by atoms with van der Waals surface area (Å²) in [7, 11) is -4.13. The van der Waals surface area contributed by atoms with E-state index in [1.54, 1.807) is 29.6 Å². The lowest BCUT2D eigenvalue weighted by atomic mass is 9.93. The SMILES string of the molecule is C.C.C.C[C@H]1C[C@H](N)C[C@@H]1CO.C[C@H]1C[C@H](Nc2ncncc2C(=O)c2cc(C3OCCc4cc(F)c(F)cc43)c(Cl)s2)C[C@@H]1CO.C[C@H]1C[C@H](Nc2ncncc2C(=O)c2cc(C3OCCc4cc(F)c(F)cc43)cs2)C[C@@H]1CO.NS(=O)(=O)OC[C@H]1C[C@@H](Nc2ncncc2C(=O)c2cc(C3OCCc4cc(F)c(F)cc43)cs2)C[C@@H]1O.O=C(c1cc(C2OCCc3cc(F)c(F)cc32)c(Cl)s1)c1cncnc1Cl.[HH]. The van der Waals surface area contributed by atoms with Gasteiger partial charge in [0, 0.05) is 87.2 Å². The normalized spacial score (nSPS) is 23.1. The molecule has 0 saturated heterocycles. The van der Waals surface area contributed by atoms with E-state index in [4.69, 9.17) is 69.7 Å². The number of anilines is 3. The first-order chi connectivity index (χ1) is 68.6. The van der Waals surface area contributed by atoms with Crippen molar-refractivity contribution >= 4 is 131 Å². The molecule has 4 fully saturated rings. The van der Waals surface area contributed by atoms with E-state index >= 15 is 0 Å². The zero-order valence-corrected chi connectivity index (χ0v) is 83.1. The van der Waals surface area contributed by atoms with Gasteiger partial charge in [0.15, 0.2) is 46.5 Å². The summed E-state index contributed by atoms with van der Waals surface area (Å²) < 4.78 is 161. The van der Waals surface area contributed by atoms with E-state index in [0.717, 1.165) is 85.0 Å². The summed E-state index contributed by atoms with van der Waals surface area (Å²) in [6, 6.07) is 16.2. The van der Waals surface area contributed by atoms with Gasteiger partial charge in [0.25, 0.3) is 0 Å². The number of fused-ring (bicyclic) bond motifs is 4. The van der Waals surface area contributed by atoms with E-state index in [-0.39, 0.29) is 125 Å². The number of nitrogens with two attached hydrogens (primary N) is 2. The predicted octanol–water partition coefficient (Wildman–Crippen LogP) is 19.7. The minimum atomic E-state index is -4.13. The number of ether oxygens (including phenoxy) is 4. The van der Waals surface area contributed by atoms with E-state index in [1.165, 1.54) is 103 Å². The molecule has 28 nitrogen and oxygen atoms in total. The fourth-order valence-electron chi connectivity index (χ4n) is 19.4. The van der Waals surface area contributed by atoms with Crippen molar-refractivity contribution in [2.75, 3.05) is 68.8 Å². The van der Waals surface area contributed by atoms with Gasteiger partial charge in [0.1, 0.15) is 72.3 Å². The van der Waals surface area contributed by atoms with Crippen molar-refractivity contribution in [3.05, 3.63) is 303 Å². The molecule has 782 valence electrons. The molecule has 0 amide bonds. The average Bonchev–Trinajstić information content (AvgIpc) is 1.73. The van der Waals surface area contributed by atoms with Crippen LogP contribution in [0.25, 0.3) is 0 Å². The molecule has 11 N–H and O–H groups in total. The Morgan fingerprint density at radius 2 is 0.740 bits per heavy atom. The molecule has 146 heavy (non-hydrogen) atoms. The minimum absolute atomic E-state index is 0. The van der Waals surface area contributed by atoms with Crippen molar-refractivity contribution in [2.24, 2.45) is 52.3 Å². The topological polar surface area (TPSA) is 421 Å². The first kappa shape index (κ1) is 113. The van der Waals surface area contributed by atoms with Gasteiger partial charge in [0.2, 0.25) is 23.1 Å². The quantitative estimate of drug-likeness (QED) is 0.0154. The molecule has 4 saturated carbocycles. The molecule has 4 aliphatic carbocycles. The van der Waals surface area contributed by atoms with Crippen molar-refractivity contribution in [3.8, 4) is 0 Å². The van der Waals surface area contributed by atoms with Crippen LogP contribution in [0.3, 0.4) is 0 Å². The van der Waals surface area contributed by atoms with Crippen molar-refractivity contribution in [1.82, 2.24) is 39.9 Å². The second kappa shape index (κ2) is 50.0. The van der Waals surface area contributed by atoms with E-state index in [2.05, 4.69) is 80.8 Å². The summed E-state index contributed by atoms with van der Waals surface area (Å²) in [5.74, 6) is -5.59. The summed E-state index contributed by atoms with van der Waals surface area (Å²) in [6.07, 6.45) is 15.6. The van der Waals surface area contributed by atoms with Gasteiger partial charge in [-0.25, -0.2) is 80.1 Å². The number of thiophene rings is 4. The summed E-state index contributed by atoms with van der Waals surface area (Å²) in [5.41, 5.74) is 14.0. The Balaban J connectivity index is 0.000000168. The largest absolute Gasteiger partial charge is 0.396 e. The average molecular weight is 2180 g/mol. The highest BCUT2D eigenvalue weighted by molar-refractivity contribution is 7.84. The first-order valence-electron chi connectivity index (χ1n) is 46.0. The maximum atomic E-state index is 14.0. The van der Waals surface area contributed by atoms with E-state index in [9.17, 15) is 78.0 Å². The zero-order chi connectivity index (χ0) is 102. The number of nitrogens with zero attached hydrogens (tertiary/aromatic N) is 8. The molecule has 44 heteroatoms. The molecule has 8 aromatic heterocycles. The van der Waals surface area contributed by atoms with Crippen molar-refractivity contribution in [2.45, 2.75) is 175 Å². The number of rotatable bonds is 24. The molecule has 12 heterocycles. The van der Waals surface area contributed by atoms with Crippen LogP contribution >= 0.6 is 80.1 Å². The second-order valence-corrected chi connectivity index (χ2v) is 43.2. The number of ketones is 4. The van der Waals surface area contributed by atoms with Crippen LogP contribution in [-0.4, -0.2) is 175 Å². The highest BCUT2D eigenvalue weighted by Crippen LogP contribution is 2.47. The number of hydrogen-bond donors (Lipinski definition) is 9. The Hall–Kier alpha value is -10.1. The van der Waals surface area contributed by atoms with Crippen molar-refractivity contribution < 1.29 is 108 Å². The van der Waals surface area contributed by atoms with Crippen LogP contribution in [0.5, 0.6) is 0 Å². The van der Waals surface area contributed by atoms with E-state index < -0.39 is 93.3 Å². The van der Waals surface area contributed by atoms with E-state index in [1.807, 2.05) is 5.38 Å². The Kier molecular flexibility index (Phi) is 38.7. The van der Waals surface area contributed by atoms with Gasteiger partial charge < -0.3 is 61.1 Å². The van der Waals surface area contributed by atoms with Crippen LogP contribution in [0.1, 0.15) is 248 Å². The maximum absolute atomic E-state index is 14.0. The summed E-state index contributed by atoms with van der Waals surface area (Å²) >= 11 is 23.4. The molecule has 16 atom stereocenters. The molecule has 20 rings (SSSR count). The molecular formula is C102H112Cl3F8N13O15S5. The van der Waals surface area contributed by atoms with Gasteiger partial charge >= 0.3 is 10.3 Å². The number of aromatic nitrogens is 8. The number of aliphatic hydroxyl groups is 4. The van der Waals surface area contributed by atoms with Crippen LogP contribution in [0, 0.1) is 88.0 Å². The molecule has 0 radical (unpaired) electrons. The van der Waals surface area contributed by atoms with Crippen LogP contribution in [0.4, 0.5) is 52.6 Å². The molecule has 0 bridgehead atoms. The van der Waals surface area contributed by atoms with Crippen molar-refractivity contribution in [1.29, 1.82) is 0 Å². The fraction of sp³-hybridized carbons (Fsp3) is 0.412. The lowest BCUT2D eigenvalue weighted by Gasteiger charge is -2.26. The lowest BCUT2D eigenvalue weighted by molar-refractivity contribution is 0.0694. The smallest absolute Gasteiger partial charge is 0.333 e. The number of benzene rings is 4. The Morgan fingerprint density at radius 1 is 0.425 bits per heavy atom. The van der Waals surface area contributed by atoms with Gasteiger partial charge in [-0.1, -0.05) is 77.9 Å². The Bertz CT molecular complexity index is 6810. The Morgan fingerprint density at radius 3 is 1.08 bits per heavy atom. The third kappa shape index (κ3) is 26.3. The number of halogens is 11. The van der Waals surface area contributed by atoms with Gasteiger partial charge in [0.05, 0.1) is 89.6 Å². The molecule has 8 aliphatic rings. The minimum Gasteiger partial charge on any atom is -0.396 e. The first-order valence-corrected chi connectivity index (χ1v) is 52.0. The zero-order valence-electron chi connectivity index (χ0n) is 76.8. The fourth-order valence-corrected chi connectivity index (χ4v) is 24.3. The van der Waals surface area contributed by atoms with Gasteiger partial charge in [-0.3, -0.25) is 23.4 Å². The highest BCUT2D eigenvalue weighted by atomic mass is 35.5. The van der Waals surface area contributed by atoms with Gasteiger partial charge in [-0.2, -0.15) is 8.42 Å². The molecule has 0 spiro atoms. The van der Waals surface area contributed by atoms with Crippen LogP contribution in [0.15, 0.2) is 134 Å². The molecule has 12 aromatic rings. The number of nitrogens with one attached hydrogen (secondary N) is 3. The third-order valence-corrected chi connectivity index (χ3v) is 32.4. The maximum Gasteiger partial charge on any atom is 0.333 e. The number of hydrogen-bond acceptors (Lipinski definition) is 31. The summed E-state index contributed by atoms with van der Waals surface area (Å²) in [6.45, 7) is 8.10. The molecular weight excluding hydrogens is 2070 g/mol. The highest BCUT2D eigenvalue weighted by Gasteiger charge is 2.40. The van der Waals surface area contributed by atoms with Gasteiger partial charge in [-0.15, -0.1) is 45.3 Å². The van der Waals surface area contributed by atoms with Crippen LogP contribution < -0.4 is 26.8 Å². The van der Waals surface area contributed by atoms with Crippen LogP contribution in [0.2, 0.25) is 13.8 Å². The molecule has 4 unspecified atom stereocenters. The predicted molar refractivity (Wildman–Crippen MR) is 543 cm³/mol. The summed E-state index contributed by atoms with van der Waals surface area (Å²) in [4.78, 5) is 87.0. The lowest BCUT2D eigenvalue weighted by Crippen LogP contribution is -2.24. The van der Waals surface area contributed by atoms with Crippen LogP contribution in [-0.2, 0) is 59.1 Å². The van der Waals surface area contributed by atoms with E-state index in [0.29, 0.717) is 207 Å². The standard InChI is InChI=1S/C25H24ClF2N3O3S.C25H25F2N3O3S.C24H24F2N4O6S2.C18H10Cl2F2N2O2S.C7H15NO.3CH4.H2/c1-12-4-15(5-14(12)10-32)31-25-18(9-29-11-30-25)22(33)21-8-17(24(26)35-21)23-16-7-20(28)19(27)6-13(16)2-3-34-23;1-13-4-17(5-15(13)10-31)30-25-19(9-28-12-29-25)23(32)22-7-16(11-34-22)24-18-8-21(27)20(26)6-14(18)2-3-33-24;25-18-4-12-1-2-35-23(16(12)7-19(18)26)14-5-21(37-10-14)22(32)17-8-28-11-29-24(17)30-15-3-13(20(31)6-15)9-36-38(27,33)34;19-17-11(6-23-7-24-17)15(25)14-5-10(18(20)27-14)16-9-4-13(22)12(21)3-8(9)1-2-26-16;1-5-2-7(8)3-6(5)4-9;;;;/h6-9,11-12,14-15,23,32H,2-5,10H2,1H3,(H,29,30,31);6-9,11-13,15,17,24,31H,2-5,10H2,1H3,(H,28,29,30);4-5,7-8,10-11,13,15,20,23,31H,1-3,6,9H2,(H2,27,33,34)(H,28,29,30);3-7,16H,1-2H2;5-7,9H,2-4,8H2,1H3;3*1H4;1H/t12-,14+,15-,23?;13-,15+,17-,24?;13-,15-,20+,23?;;5-,6+,7-;;;;/m001.0..../s1. The Labute approximate surface area is 871 Å². The number of carbonyl (C=O) groups is 4. The number of aliphatic hydroxyl groups excluding tert-OH is 4. The summed E-state index contributed by atoms with van der Waals surface area (Å²) in [5, 5.41) is 56.6. The monoisotopic (exact) mass is 2180 g/mol. The second-order valence-electron chi connectivity index (χ2n) is 36.5. The molecule has 4 aromatic carbocycles. The molecule has 4 aliphatic heterocycles.